The number of amides is 3. The van der Waals surface area contributed by atoms with Crippen molar-refractivity contribution in [2.45, 2.75) is 26.7 Å². The number of hydrogen-bond acceptors (Lipinski definition) is 6. The zero-order chi connectivity index (χ0) is 21.3. The molecule has 1 aliphatic heterocycles. The van der Waals surface area contributed by atoms with Crippen molar-refractivity contribution in [1.29, 1.82) is 0 Å². The molecule has 1 N–H and O–H groups in total. The number of benzene rings is 2. The van der Waals surface area contributed by atoms with Crippen LogP contribution in [0.4, 0.5) is 5.69 Å². The van der Waals surface area contributed by atoms with Crippen LogP contribution in [-0.2, 0) is 0 Å². The quantitative estimate of drug-likeness (QED) is 0.633. The van der Waals surface area contributed by atoms with Gasteiger partial charge in [-0.2, -0.15) is 4.68 Å². The minimum absolute atomic E-state index is 0.266. The molecule has 1 aliphatic rings. The Kier molecular flexibility index (Phi) is 5.09. The molecule has 0 radical (unpaired) electrons. The Morgan fingerprint density at radius 3 is 2.60 bits per heavy atom. The zero-order valence-corrected chi connectivity index (χ0v) is 16.6. The highest BCUT2D eigenvalue weighted by Gasteiger charge is 2.35. The van der Waals surface area contributed by atoms with Crippen LogP contribution < -0.4 is 5.32 Å². The van der Waals surface area contributed by atoms with Crippen LogP contribution in [0.15, 0.2) is 42.5 Å². The fourth-order valence-corrected chi connectivity index (χ4v) is 3.34. The molecule has 0 bridgehead atoms. The molecular weight excluding hydrogens is 384 g/mol. The van der Waals surface area contributed by atoms with Gasteiger partial charge < -0.3 is 5.32 Å². The van der Waals surface area contributed by atoms with Crippen LogP contribution >= 0.6 is 0 Å². The fraction of sp³-hybridized carbons (Fsp3) is 0.238. The molecule has 0 unspecified atom stereocenters. The number of tetrazole rings is 1. The summed E-state index contributed by atoms with van der Waals surface area (Å²) in [5.74, 6) is -0.419. The summed E-state index contributed by atoms with van der Waals surface area (Å²) in [5, 5.41) is 14.2. The van der Waals surface area contributed by atoms with Crippen molar-refractivity contribution in [2.24, 2.45) is 0 Å². The topological polar surface area (TPSA) is 110 Å². The predicted octanol–water partition coefficient (Wildman–Crippen LogP) is 2.62. The number of unbranched alkanes of at least 4 members (excludes halogenated alkanes) is 1. The van der Waals surface area contributed by atoms with Gasteiger partial charge in [0.2, 0.25) is 0 Å². The van der Waals surface area contributed by atoms with Crippen LogP contribution in [-0.4, -0.2) is 49.4 Å². The second-order valence-electron chi connectivity index (χ2n) is 7.02. The van der Waals surface area contributed by atoms with Crippen molar-refractivity contribution in [2.75, 3.05) is 11.9 Å². The van der Waals surface area contributed by atoms with Crippen LogP contribution in [0.25, 0.3) is 5.69 Å². The Morgan fingerprint density at radius 1 is 1.07 bits per heavy atom. The highest BCUT2D eigenvalue weighted by molar-refractivity contribution is 6.22. The van der Waals surface area contributed by atoms with Crippen molar-refractivity contribution in [3.63, 3.8) is 0 Å². The van der Waals surface area contributed by atoms with E-state index >= 15 is 0 Å². The smallest absolute Gasteiger partial charge is 0.261 e. The van der Waals surface area contributed by atoms with Gasteiger partial charge in [0.15, 0.2) is 5.82 Å². The van der Waals surface area contributed by atoms with Gasteiger partial charge in [-0.1, -0.05) is 19.4 Å². The number of rotatable bonds is 6. The lowest BCUT2D eigenvalue weighted by Gasteiger charge is -2.12. The number of carbonyl (C=O) groups excluding carboxylic acids is 3. The predicted molar refractivity (Wildman–Crippen MR) is 109 cm³/mol. The van der Waals surface area contributed by atoms with E-state index in [4.69, 9.17) is 0 Å². The Bertz CT molecular complexity index is 1150. The van der Waals surface area contributed by atoms with Gasteiger partial charge in [0, 0.05) is 17.8 Å². The normalized spacial score (nSPS) is 12.9. The van der Waals surface area contributed by atoms with Crippen LogP contribution in [0.2, 0.25) is 0 Å². The molecule has 3 aromatic rings. The Labute approximate surface area is 172 Å². The van der Waals surface area contributed by atoms with E-state index in [1.807, 2.05) is 13.0 Å². The van der Waals surface area contributed by atoms with Crippen molar-refractivity contribution < 1.29 is 14.4 Å². The van der Waals surface area contributed by atoms with Crippen molar-refractivity contribution in [3.05, 3.63) is 65.0 Å². The number of anilines is 1. The third-order valence-electron chi connectivity index (χ3n) is 4.94. The summed E-state index contributed by atoms with van der Waals surface area (Å²) in [5.41, 5.74) is 2.17. The van der Waals surface area contributed by atoms with Crippen molar-refractivity contribution >= 4 is 23.4 Å². The van der Waals surface area contributed by atoms with Gasteiger partial charge in [-0.15, -0.1) is 5.10 Å². The summed E-state index contributed by atoms with van der Waals surface area (Å²) in [7, 11) is 0. The molecule has 1 aromatic heterocycles. The molecule has 2 heterocycles. The molecule has 152 valence electrons. The summed E-state index contributed by atoms with van der Waals surface area (Å²) < 4.78 is 1.56. The molecule has 2 aromatic carbocycles. The molecule has 9 heteroatoms. The van der Waals surface area contributed by atoms with Gasteiger partial charge in [0.1, 0.15) is 0 Å². The van der Waals surface area contributed by atoms with Gasteiger partial charge in [-0.3, -0.25) is 19.3 Å². The highest BCUT2D eigenvalue weighted by atomic mass is 16.2. The maximum absolute atomic E-state index is 12.8. The van der Waals surface area contributed by atoms with E-state index in [0.717, 1.165) is 12.8 Å². The zero-order valence-electron chi connectivity index (χ0n) is 16.6. The summed E-state index contributed by atoms with van der Waals surface area (Å²) in [6.45, 7) is 4.15. The lowest BCUT2D eigenvalue weighted by molar-refractivity contribution is 0.0652. The van der Waals surface area contributed by atoms with Gasteiger partial charge in [-0.25, -0.2) is 0 Å². The lowest BCUT2D eigenvalue weighted by atomic mass is 10.1. The van der Waals surface area contributed by atoms with Crippen LogP contribution in [0.1, 0.15) is 56.7 Å². The average Bonchev–Trinajstić information content (AvgIpc) is 3.28. The van der Waals surface area contributed by atoms with Crippen molar-refractivity contribution in [1.82, 2.24) is 25.1 Å². The van der Waals surface area contributed by atoms with Gasteiger partial charge >= 0.3 is 0 Å². The average molecular weight is 404 g/mol. The van der Waals surface area contributed by atoms with E-state index in [2.05, 4.69) is 20.8 Å². The van der Waals surface area contributed by atoms with Crippen LogP contribution in [0.3, 0.4) is 0 Å². The Morgan fingerprint density at radius 2 is 1.87 bits per heavy atom. The molecule has 9 nitrogen and oxygen atoms in total. The van der Waals surface area contributed by atoms with Crippen LogP contribution in [0.5, 0.6) is 0 Å². The fourth-order valence-electron chi connectivity index (χ4n) is 3.34. The number of nitrogens with one attached hydrogen (secondary N) is 1. The lowest BCUT2D eigenvalue weighted by Crippen LogP contribution is -2.30. The summed E-state index contributed by atoms with van der Waals surface area (Å²) in [4.78, 5) is 39.1. The number of aryl methyl sites for hydroxylation is 1. The molecule has 0 saturated heterocycles. The second-order valence-corrected chi connectivity index (χ2v) is 7.02. The monoisotopic (exact) mass is 404 g/mol. The number of nitrogens with zero attached hydrogens (tertiary/aromatic N) is 5. The largest absolute Gasteiger partial charge is 0.322 e. The standard InChI is InChI=1S/C21H20N6O3/c1-3-4-10-26-20(29)17-9-8-14(11-18(17)21(26)30)19(28)22-15-6-5-7-16(12-15)27-13(2)23-24-25-27/h5-9,11-12H,3-4,10H2,1-2H3,(H,22,28). The molecule has 0 aliphatic carbocycles. The molecular formula is C21H20N6O3. The maximum atomic E-state index is 12.8. The summed E-state index contributed by atoms with van der Waals surface area (Å²) in [6.07, 6.45) is 1.63. The first kappa shape index (κ1) is 19.4. The summed E-state index contributed by atoms with van der Waals surface area (Å²) >= 11 is 0. The number of aromatic nitrogens is 4. The minimum Gasteiger partial charge on any atom is -0.322 e. The molecule has 0 spiro atoms. The number of imide groups is 1. The van der Waals surface area contributed by atoms with Gasteiger partial charge in [-0.05, 0) is 60.2 Å². The van der Waals surface area contributed by atoms with E-state index in [1.165, 1.54) is 17.0 Å². The first-order valence-electron chi connectivity index (χ1n) is 9.66. The van der Waals surface area contributed by atoms with E-state index in [0.29, 0.717) is 34.9 Å². The highest BCUT2D eigenvalue weighted by Crippen LogP contribution is 2.25. The van der Waals surface area contributed by atoms with Gasteiger partial charge in [0.05, 0.1) is 16.8 Å². The minimum atomic E-state index is -0.379. The molecule has 3 amide bonds. The molecule has 30 heavy (non-hydrogen) atoms. The SMILES string of the molecule is CCCCN1C(=O)c2ccc(C(=O)Nc3cccc(-n4nnnc4C)c3)cc2C1=O. The maximum Gasteiger partial charge on any atom is 0.261 e. The first-order valence-corrected chi connectivity index (χ1v) is 9.66. The molecule has 4 rings (SSSR count). The number of hydrogen-bond donors (Lipinski definition) is 1. The van der Waals surface area contributed by atoms with E-state index in [1.54, 1.807) is 35.9 Å². The van der Waals surface area contributed by atoms with E-state index in [-0.39, 0.29) is 23.3 Å². The van der Waals surface area contributed by atoms with Crippen LogP contribution in [0, 0.1) is 6.92 Å². The third-order valence-corrected chi connectivity index (χ3v) is 4.94. The number of fused-ring (bicyclic) bond motifs is 1. The third kappa shape index (κ3) is 3.45. The van der Waals surface area contributed by atoms with Gasteiger partial charge in [0.25, 0.3) is 17.7 Å². The van der Waals surface area contributed by atoms with Crippen molar-refractivity contribution in [3.8, 4) is 5.69 Å². The van der Waals surface area contributed by atoms with E-state index < -0.39 is 0 Å². The number of carbonyl (C=O) groups is 3. The molecule has 0 atom stereocenters. The first-order chi connectivity index (χ1) is 14.5. The molecule has 0 saturated carbocycles. The Balaban J connectivity index is 1.55. The molecule has 0 fully saturated rings. The van der Waals surface area contributed by atoms with E-state index in [9.17, 15) is 14.4 Å². The summed E-state index contributed by atoms with van der Waals surface area (Å²) in [6, 6.07) is 11.7. The Hall–Kier alpha value is -3.88. The second kappa shape index (κ2) is 7.86.